The predicted octanol–water partition coefficient (Wildman–Crippen LogP) is 5.64. The summed E-state index contributed by atoms with van der Waals surface area (Å²) in [6, 6.07) is 14.7. The van der Waals surface area contributed by atoms with E-state index in [2.05, 4.69) is 25.9 Å². The van der Waals surface area contributed by atoms with Gasteiger partial charge in [0.05, 0.1) is 19.5 Å². The van der Waals surface area contributed by atoms with E-state index in [4.69, 9.17) is 15.9 Å². The van der Waals surface area contributed by atoms with Crippen LogP contribution in [0.1, 0.15) is 45.8 Å². The Bertz CT molecular complexity index is 1930. The fraction of sp³-hybridized carbons (Fsp3) is 0.242. The third kappa shape index (κ3) is 5.79. The molecule has 44 heavy (non-hydrogen) atoms. The highest BCUT2D eigenvalue weighted by Crippen LogP contribution is 2.48. The molecule has 0 bridgehead atoms. The summed E-state index contributed by atoms with van der Waals surface area (Å²) >= 11 is 0. The molecule has 0 spiro atoms. The standard InChI is InChI=1S/C33H27F2N5O4/c1-3-20-4-6-22(28(15-20)43-2)17-44-32-36-13-10-25(39-32)23-7-5-21(14-24(23)35)16-29-37-26-8-9-27(31(41)42)38-30(26)40(29)19-33(18-34)11-12-33/h1,4-10,13-15H,11-12,16-19H2,2H3,(H,41,42). The molecular weight excluding hydrogens is 568 g/mol. The molecule has 1 aliphatic rings. The summed E-state index contributed by atoms with van der Waals surface area (Å²) in [4.78, 5) is 29.0. The van der Waals surface area contributed by atoms with Gasteiger partial charge in [-0.05, 0) is 60.9 Å². The maximum absolute atomic E-state index is 15.5. The van der Waals surface area contributed by atoms with Gasteiger partial charge in [0, 0.05) is 41.3 Å². The van der Waals surface area contributed by atoms with Crippen LogP contribution in [0.2, 0.25) is 0 Å². The van der Waals surface area contributed by atoms with Crippen molar-refractivity contribution in [2.45, 2.75) is 32.4 Å². The van der Waals surface area contributed by atoms with Crippen molar-refractivity contribution in [1.82, 2.24) is 24.5 Å². The first-order valence-corrected chi connectivity index (χ1v) is 13.8. The van der Waals surface area contributed by atoms with Gasteiger partial charge in [-0.1, -0.05) is 18.1 Å². The number of alkyl halides is 1. The Morgan fingerprint density at radius 2 is 1.95 bits per heavy atom. The van der Waals surface area contributed by atoms with E-state index < -0.39 is 23.9 Å². The lowest BCUT2D eigenvalue weighted by Crippen LogP contribution is -2.17. The van der Waals surface area contributed by atoms with Crippen LogP contribution < -0.4 is 9.47 Å². The van der Waals surface area contributed by atoms with Gasteiger partial charge in [0.25, 0.3) is 0 Å². The Morgan fingerprint density at radius 1 is 1.11 bits per heavy atom. The Hall–Kier alpha value is -5.37. The smallest absolute Gasteiger partial charge is 0.354 e. The van der Waals surface area contributed by atoms with Crippen molar-refractivity contribution in [2.75, 3.05) is 13.8 Å². The normalized spacial score (nSPS) is 13.4. The number of ether oxygens (including phenoxy) is 2. The average Bonchev–Trinajstić information content (AvgIpc) is 3.75. The van der Waals surface area contributed by atoms with E-state index in [0.717, 1.165) is 18.4 Å². The molecule has 3 heterocycles. The van der Waals surface area contributed by atoms with Crippen LogP contribution in [0.4, 0.5) is 8.78 Å². The fourth-order valence-corrected chi connectivity index (χ4v) is 5.03. The maximum Gasteiger partial charge on any atom is 0.354 e. The summed E-state index contributed by atoms with van der Waals surface area (Å²) in [6.07, 6.45) is 8.63. The first-order valence-electron chi connectivity index (χ1n) is 13.8. The van der Waals surface area contributed by atoms with Gasteiger partial charge < -0.3 is 19.1 Å². The zero-order valence-corrected chi connectivity index (χ0v) is 23.8. The fourth-order valence-electron chi connectivity index (χ4n) is 5.03. The van der Waals surface area contributed by atoms with E-state index in [9.17, 15) is 14.3 Å². The number of hydrogen-bond donors (Lipinski definition) is 1. The number of carbonyl (C=O) groups is 1. The number of halogens is 2. The highest BCUT2D eigenvalue weighted by atomic mass is 19.1. The minimum atomic E-state index is -1.16. The van der Waals surface area contributed by atoms with E-state index in [1.165, 1.54) is 25.4 Å². The first-order chi connectivity index (χ1) is 21.3. The van der Waals surface area contributed by atoms with Crippen LogP contribution in [0.15, 0.2) is 60.8 Å². The van der Waals surface area contributed by atoms with Crippen molar-refractivity contribution < 1.29 is 28.2 Å². The van der Waals surface area contributed by atoms with Crippen LogP contribution in [-0.4, -0.2) is 49.4 Å². The predicted molar refractivity (Wildman–Crippen MR) is 158 cm³/mol. The number of nitrogens with zero attached hydrogens (tertiary/aromatic N) is 5. The number of terminal acetylenes is 1. The molecule has 2 aromatic carbocycles. The monoisotopic (exact) mass is 595 g/mol. The lowest BCUT2D eigenvalue weighted by atomic mass is 10.1. The lowest BCUT2D eigenvalue weighted by Gasteiger charge is -2.15. The summed E-state index contributed by atoms with van der Waals surface area (Å²) in [5.41, 5.74) is 2.87. The maximum atomic E-state index is 15.5. The van der Waals surface area contributed by atoms with Crippen molar-refractivity contribution in [1.29, 1.82) is 0 Å². The van der Waals surface area contributed by atoms with Crippen LogP contribution in [0.25, 0.3) is 22.4 Å². The SMILES string of the molecule is C#Cc1ccc(COc2nccc(-c3ccc(Cc4nc5ccc(C(=O)O)nc5n4CC4(CF)CC4)cc3F)n2)c(OC)c1. The molecule has 3 aromatic heterocycles. The van der Waals surface area contributed by atoms with Crippen LogP contribution in [0.3, 0.4) is 0 Å². The van der Waals surface area contributed by atoms with Gasteiger partial charge in [-0.3, -0.25) is 4.39 Å². The first kappa shape index (κ1) is 28.7. The van der Waals surface area contributed by atoms with E-state index in [0.29, 0.717) is 46.1 Å². The minimum absolute atomic E-state index is 0.0675. The molecule has 0 saturated heterocycles. The molecule has 0 aliphatic heterocycles. The number of benzene rings is 2. The molecule has 1 fully saturated rings. The second kappa shape index (κ2) is 11.7. The Kier molecular flexibility index (Phi) is 7.66. The highest BCUT2D eigenvalue weighted by Gasteiger charge is 2.44. The molecule has 1 N–H and O–H groups in total. The number of pyridine rings is 1. The zero-order valence-electron chi connectivity index (χ0n) is 23.8. The molecular formula is C33H27F2N5O4. The van der Waals surface area contributed by atoms with Crippen LogP contribution in [-0.2, 0) is 19.6 Å². The van der Waals surface area contributed by atoms with Gasteiger partial charge in [0.2, 0.25) is 0 Å². The lowest BCUT2D eigenvalue weighted by molar-refractivity contribution is 0.0690. The number of hydrogen-bond acceptors (Lipinski definition) is 7. The van der Waals surface area contributed by atoms with Gasteiger partial charge in [-0.2, -0.15) is 4.98 Å². The number of fused-ring (bicyclic) bond motifs is 1. The van der Waals surface area contributed by atoms with Gasteiger partial charge in [-0.15, -0.1) is 6.42 Å². The third-order valence-corrected chi connectivity index (χ3v) is 7.74. The van der Waals surface area contributed by atoms with Crippen molar-refractivity contribution in [2.24, 2.45) is 5.41 Å². The summed E-state index contributed by atoms with van der Waals surface area (Å²) in [7, 11) is 1.54. The molecule has 11 heteroatoms. The van der Waals surface area contributed by atoms with Crippen LogP contribution in [0, 0.1) is 23.6 Å². The second-order valence-electron chi connectivity index (χ2n) is 10.8. The Labute approximate surface area is 251 Å². The molecule has 222 valence electrons. The Balaban J connectivity index is 1.24. The van der Waals surface area contributed by atoms with Gasteiger partial charge in [0.1, 0.15) is 29.5 Å². The van der Waals surface area contributed by atoms with Crippen molar-refractivity contribution in [3.05, 3.63) is 94.8 Å². The number of imidazole rings is 1. The topological polar surface area (TPSA) is 112 Å². The van der Waals surface area contributed by atoms with Crippen molar-refractivity contribution in [3.8, 4) is 35.4 Å². The van der Waals surface area contributed by atoms with Crippen LogP contribution in [0.5, 0.6) is 11.8 Å². The number of aromatic nitrogens is 5. The number of methoxy groups -OCH3 is 1. The third-order valence-electron chi connectivity index (χ3n) is 7.74. The zero-order chi connectivity index (χ0) is 30.8. The molecule has 1 aliphatic carbocycles. The van der Waals surface area contributed by atoms with Crippen molar-refractivity contribution in [3.63, 3.8) is 0 Å². The number of carboxylic acid groups (broad SMARTS) is 1. The summed E-state index contributed by atoms with van der Waals surface area (Å²) < 4.78 is 42.3. The van der Waals surface area contributed by atoms with E-state index in [-0.39, 0.29) is 30.3 Å². The average molecular weight is 596 g/mol. The van der Waals surface area contributed by atoms with E-state index in [1.54, 1.807) is 47.0 Å². The summed E-state index contributed by atoms with van der Waals surface area (Å²) in [5, 5.41) is 9.44. The quantitative estimate of drug-likeness (QED) is 0.196. The van der Waals surface area contributed by atoms with E-state index >= 15 is 4.39 Å². The molecule has 0 amide bonds. The molecule has 0 atom stereocenters. The second-order valence-corrected chi connectivity index (χ2v) is 10.8. The minimum Gasteiger partial charge on any atom is -0.496 e. The molecule has 5 aromatic rings. The molecule has 1 saturated carbocycles. The van der Waals surface area contributed by atoms with Gasteiger partial charge >= 0.3 is 12.0 Å². The molecule has 9 nitrogen and oxygen atoms in total. The largest absolute Gasteiger partial charge is 0.496 e. The van der Waals surface area contributed by atoms with Crippen molar-refractivity contribution >= 4 is 17.1 Å². The van der Waals surface area contributed by atoms with Gasteiger partial charge in [-0.25, -0.2) is 24.1 Å². The highest BCUT2D eigenvalue weighted by molar-refractivity contribution is 5.88. The van der Waals surface area contributed by atoms with Gasteiger partial charge in [0.15, 0.2) is 11.3 Å². The number of carboxylic acids is 1. The van der Waals surface area contributed by atoms with Crippen LogP contribution >= 0.6 is 0 Å². The molecule has 0 unspecified atom stereocenters. The Morgan fingerprint density at radius 3 is 2.66 bits per heavy atom. The molecule has 0 radical (unpaired) electrons. The van der Waals surface area contributed by atoms with E-state index in [1.807, 2.05) is 0 Å². The summed E-state index contributed by atoms with van der Waals surface area (Å²) in [5.74, 6) is 2.01. The number of rotatable bonds is 11. The summed E-state index contributed by atoms with van der Waals surface area (Å²) in [6.45, 7) is -0.0632. The number of aromatic carboxylic acids is 1. The molecule has 6 rings (SSSR count).